The third kappa shape index (κ3) is 4.93. The molecule has 2 saturated heterocycles. The number of nitrogens with one attached hydrogen (secondary N) is 1. The van der Waals surface area contributed by atoms with Crippen molar-refractivity contribution in [1.29, 1.82) is 0 Å². The molecule has 0 saturated carbocycles. The first-order valence-electron chi connectivity index (χ1n) is 10.5. The van der Waals surface area contributed by atoms with Crippen LogP contribution in [0.15, 0.2) is 42.7 Å². The van der Waals surface area contributed by atoms with Crippen LogP contribution in [-0.2, 0) is 16.0 Å². The molecule has 0 aromatic heterocycles. The van der Waals surface area contributed by atoms with Crippen LogP contribution >= 0.6 is 0 Å². The summed E-state index contributed by atoms with van der Waals surface area (Å²) in [6, 6.07) is 8.68. The highest BCUT2D eigenvalue weighted by atomic mass is 16.4. The summed E-state index contributed by atoms with van der Waals surface area (Å²) in [6.07, 6.45) is 3.62. The number of carbonyl (C=O) groups is 3. The third-order valence-corrected chi connectivity index (χ3v) is 5.97. The van der Waals surface area contributed by atoms with Crippen LogP contribution in [0.1, 0.15) is 31.2 Å². The molecule has 8 nitrogen and oxygen atoms in total. The quantitative estimate of drug-likeness (QED) is 0.441. The molecule has 2 heterocycles. The first-order valence-corrected chi connectivity index (χ1v) is 10.5. The average Bonchev–Trinajstić information content (AvgIpc) is 2.72. The number of likely N-dealkylation sites (tertiary alicyclic amines) is 2. The summed E-state index contributed by atoms with van der Waals surface area (Å²) >= 11 is 0. The molecule has 2 unspecified atom stereocenters. The molecule has 1 aromatic rings. The van der Waals surface area contributed by atoms with E-state index >= 15 is 0 Å². The molecule has 0 bridgehead atoms. The highest BCUT2D eigenvalue weighted by Gasteiger charge is 2.55. The monoisotopic (exact) mass is 414 g/mol. The van der Waals surface area contributed by atoms with Gasteiger partial charge in [-0.05, 0) is 43.6 Å². The lowest BCUT2D eigenvalue weighted by Crippen LogP contribution is -2.68. The van der Waals surface area contributed by atoms with Crippen LogP contribution < -0.4 is 11.1 Å². The van der Waals surface area contributed by atoms with Crippen molar-refractivity contribution < 1.29 is 19.5 Å². The van der Waals surface area contributed by atoms with E-state index in [2.05, 4.69) is 24.0 Å². The molecule has 30 heavy (non-hydrogen) atoms. The van der Waals surface area contributed by atoms with E-state index in [0.717, 1.165) is 24.2 Å². The summed E-state index contributed by atoms with van der Waals surface area (Å²) in [5, 5.41) is 12.4. The molecular weight excluding hydrogens is 384 g/mol. The van der Waals surface area contributed by atoms with Crippen molar-refractivity contribution in [3.05, 3.63) is 48.3 Å². The number of piperidine rings is 1. The van der Waals surface area contributed by atoms with E-state index in [-0.39, 0.29) is 0 Å². The summed E-state index contributed by atoms with van der Waals surface area (Å²) in [7, 11) is 0. The van der Waals surface area contributed by atoms with E-state index in [1.54, 1.807) is 4.90 Å². The molecular formula is C22H30N4O4. The molecule has 0 aliphatic carbocycles. The standard InChI is InChI=1S/C22H30N4O4/c1-15(23)24-11-5-8-18-19(21(28)29)26(20(18)27)22(30)25-12-9-17(10-13-25)14-16-6-3-2-4-7-16/h2-4,6-7,17-19,24H,1,5,8-14,23H2,(H,28,29). The molecule has 2 aliphatic heterocycles. The van der Waals surface area contributed by atoms with E-state index in [9.17, 15) is 19.5 Å². The summed E-state index contributed by atoms with van der Waals surface area (Å²) in [5.41, 5.74) is 6.71. The highest BCUT2D eigenvalue weighted by molar-refractivity contribution is 6.07. The van der Waals surface area contributed by atoms with Gasteiger partial charge in [0.25, 0.3) is 0 Å². The van der Waals surface area contributed by atoms with Gasteiger partial charge in [0.2, 0.25) is 5.91 Å². The van der Waals surface area contributed by atoms with Crippen LogP contribution in [0.25, 0.3) is 0 Å². The molecule has 2 atom stereocenters. The molecule has 2 aliphatic rings. The Morgan fingerprint density at radius 3 is 2.47 bits per heavy atom. The van der Waals surface area contributed by atoms with Gasteiger partial charge in [0, 0.05) is 19.6 Å². The zero-order chi connectivity index (χ0) is 21.7. The Labute approximate surface area is 176 Å². The van der Waals surface area contributed by atoms with Crippen LogP contribution in [0.4, 0.5) is 4.79 Å². The van der Waals surface area contributed by atoms with Gasteiger partial charge in [0.05, 0.1) is 11.7 Å². The Morgan fingerprint density at radius 2 is 1.87 bits per heavy atom. The molecule has 8 heteroatoms. The Kier molecular flexibility index (Phi) is 6.97. The topological polar surface area (TPSA) is 116 Å². The van der Waals surface area contributed by atoms with Crippen molar-refractivity contribution in [2.45, 2.75) is 38.1 Å². The number of nitrogens with zero attached hydrogens (tertiary/aromatic N) is 2. The van der Waals surface area contributed by atoms with E-state index in [4.69, 9.17) is 5.73 Å². The van der Waals surface area contributed by atoms with Crippen LogP contribution in [0.2, 0.25) is 0 Å². The maximum Gasteiger partial charge on any atom is 0.327 e. The van der Waals surface area contributed by atoms with E-state index < -0.39 is 29.9 Å². The van der Waals surface area contributed by atoms with Crippen LogP contribution in [0.3, 0.4) is 0 Å². The Morgan fingerprint density at radius 1 is 1.20 bits per heavy atom. The molecule has 0 spiro atoms. The Balaban J connectivity index is 1.51. The summed E-state index contributed by atoms with van der Waals surface area (Å²) in [4.78, 5) is 39.7. The van der Waals surface area contributed by atoms with Gasteiger partial charge in [-0.3, -0.25) is 4.79 Å². The van der Waals surface area contributed by atoms with Gasteiger partial charge in [0.1, 0.15) is 0 Å². The van der Waals surface area contributed by atoms with Gasteiger partial charge in [-0.25, -0.2) is 14.5 Å². The first-order chi connectivity index (χ1) is 14.4. The van der Waals surface area contributed by atoms with Gasteiger partial charge in [-0.2, -0.15) is 0 Å². The minimum absolute atomic E-state index is 0.331. The molecule has 3 amide bonds. The van der Waals surface area contributed by atoms with E-state index in [1.807, 2.05) is 18.2 Å². The number of carboxylic acid groups (broad SMARTS) is 1. The minimum Gasteiger partial charge on any atom is -0.480 e. The molecule has 162 valence electrons. The molecule has 2 fully saturated rings. The van der Waals surface area contributed by atoms with Crippen molar-refractivity contribution in [2.24, 2.45) is 17.6 Å². The average molecular weight is 415 g/mol. The number of carboxylic acids is 1. The Bertz CT molecular complexity index is 790. The SMILES string of the molecule is C=C(N)NCCCC1C(=O)N(C(=O)N2CCC(Cc3ccccc3)CC2)C1C(=O)O. The van der Waals surface area contributed by atoms with Crippen molar-refractivity contribution in [2.75, 3.05) is 19.6 Å². The number of amides is 3. The van der Waals surface area contributed by atoms with Gasteiger partial charge < -0.3 is 21.1 Å². The summed E-state index contributed by atoms with van der Waals surface area (Å²) in [5.74, 6) is -1.39. The summed E-state index contributed by atoms with van der Waals surface area (Å²) < 4.78 is 0. The first kappa shape index (κ1) is 21.7. The zero-order valence-electron chi connectivity index (χ0n) is 17.1. The number of aliphatic carboxylic acids is 1. The van der Waals surface area contributed by atoms with Crippen molar-refractivity contribution >= 4 is 17.9 Å². The second-order valence-electron chi connectivity index (χ2n) is 8.09. The van der Waals surface area contributed by atoms with Crippen LogP contribution in [0.5, 0.6) is 0 Å². The van der Waals surface area contributed by atoms with E-state index in [0.29, 0.717) is 44.2 Å². The predicted octanol–water partition coefficient (Wildman–Crippen LogP) is 1.77. The van der Waals surface area contributed by atoms with Crippen molar-refractivity contribution in [1.82, 2.24) is 15.1 Å². The minimum atomic E-state index is -1.14. The highest BCUT2D eigenvalue weighted by Crippen LogP contribution is 2.33. The Hall–Kier alpha value is -3.03. The molecule has 3 rings (SSSR count). The number of benzene rings is 1. The normalized spacial score (nSPS) is 21.8. The number of nitrogens with two attached hydrogens (primary N) is 1. The molecule has 0 radical (unpaired) electrons. The molecule has 1 aromatic carbocycles. The van der Waals surface area contributed by atoms with Gasteiger partial charge in [0.15, 0.2) is 6.04 Å². The number of imide groups is 1. The third-order valence-electron chi connectivity index (χ3n) is 5.97. The molecule has 4 N–H and O–H groups in total. The fourth-order valence-corrected chi connectivity index (χ4v) is 4.32. The largest absolute Gasteiger partial charge is 0.480 e. The van der Waals surface area contributed by atoms with Crippen molar-refractivity contribution in [3.8, 4) is 0 Å². The van der Waals surface area contributed by atoms with E-state index in [1.165, 1.54) is 5.56 Å². The second kappa shape index (κ2) is 9.65. The maximum atomic E-state index is 12.9. The fraction of sp³-hybridized carbons (Fsp3) is 0.500. The van der Waals surface area contributed by atoms with Gasteiger partial charge in [-0.15, -0.1) is 0 Å². The van der Waals surface area contributed by atoms with Crippen LogP contribution in [0, 0.1) is 11.8 Å². The number of carbonyl (C=O) groups excluding carboxylic acids is 2. The number of rotatable bonds is 8. The number of β-lactam (4-membered cyclic amide) rings is 1. The number of urea groups is 1. The lowest BCUT2D eigenvalue weighted by molar-refractivity contribution is -0.167. The zero-order valence-corrected chi connectivity index (χ0v) is 17.1. The summed E-state index contributed by atoms with van der Waals surface area (Å²) in [6.45, 7) is 5.12. The predicted molar refractivity (Wildman–Crippen MR) is 112 cm³/mol. The lowest BCUT2D eigenvalue weighted by Gasteiger charge is -2.46. The smallest absolute Gasteiger partial charge is 0.327 e. The van der Waals surface area contributed by atoms with Crippen LogP contribution in [-0.4, -0.2) is 58.5 Å². The van der Waals surface area contributed by atoms with Gasteiger partial charge in [-0.1, -0.05) is 36.9 Å². The number of hydrogen-bond donors (Lipinski definition) is 3. The second-order valence-corrected chi connectivity index (χ2v) is 8.09. The van der Waals surface area contributed by atoms with Crippen molar-refractivity contribution in [3.63, 3.8) is 0 Å². The fourth-order valence-electron chi connectivity index (χ4n) is 4.32. The van der Waals surface area contributed by atoms with Gasteiger partial charge >= 0.3 is 12.0 Å². The number of hydrogen-bond acceptors (Lipinski definition) is 5. The maximum absolute atomic E-state index is 12.9. The lowest BCUT2D eigenvalue weighted by atomic mass is 9.83.